The Balaban J connectivity index is 1.60. The molecule has 3 aromatic carbocycles. The molecule has 0 saturated carbocycles. The van der Waals surface area contributed by atoms with Gasteiger partial charge in [0.15, 0.2) is 10.6 Å². The Morgan fingerprint density at radius 2 is 1.73 bits per heavy atom. The lowest BCUT2D eigenvalue weighted by molar-refractivity contribution is 0.0971. The van der Waals surface area contributed by atoms with E-state index < -0.39 is 6.04 Å². The summed E-state index contributed by atoms with van der Waals surface area (Å²) in [6.45, 7) is 4.30. The van der Waals surface area contributed by atoms with Crippen molar-refractivity contribution in [3.05, 3.63) is 105 Å². The Kier molecular flexibility index (Phi) is 4.45. The fourth-order valence-corrected chi connectivity index (χ4v) is 5.50. The van der Waals surface area contributed by atoms with Gasteiger partial charge in [0.2, 0.25) is 5.76 Å². The third kappa shape index (κ3) is 3.02. The minimum Gasteiger partial charge on any atom is -0.450 e. The van der Waals surface area contributed by atoms with Crippen LogP contribution in [0.5, 0.6) is 0 Å². The standard InChI is InChI=1S/C27H20N2O3S/c1-15(2)17-12-13-19-21(14-17)33-27(28-19)29-23(16-8-4-3-5-9-16)22-24(30)18-10-6-7-11-20(18)32-25(22)26(29)31/h3-15,23H,1-2H3/t23-/m0/s1. The topological polar surface area (TPSA) is 63.4 Å². The minimum absolute atomic E-state index is 0.0923. The predicted octanol–water partition coefficient (Wildman–Crippen LogP) is 6.28. The van der Waals surface area contributed by atoms with Gasteiger partial charge in [-0.3, -0.25) is 14.5 Å². The first kappa shape index (κ1) is 19.9. The zero-order valence-electron chi connectivity index (χ0n) is 18.1. The lowest BCUT2D eigenvalue weighted by Gasteiger charge is -2.22. The minimum atomic E-state index is -0.598. The number of hydrogen-bond donors (Lipinski definition) is 0. The molecular formula is C27H20N2O3S. The van der Waals surface area contributed by atoms with Crippen molar-refractivity contribution in [3.8, 4) is 0 Å². The lowest BCUT2D eigenvalue weighted by Crippen LogP contribution is -2.29. The number of thiazole rings is 1. The van der Waals surface area contributed by atoms with Crippen LogP contribution in [0.25, 0.3) is 21.2 Å². The normalized spacial score (nSPS) is 15.7. The molecule has 0 spiro atoms. The molecule has 1 amide bonds. The van der Waals surface area contributed by atoms with E-state index in [0.29, 0.717) is 27.6 Å². The second-order valence-corrected chi connectivity index (χ2v) is 9.55. The Bertz CT molecular complexity index is 1600. The number of carbonyl (C=O) groups excluding carboxylic acids is 1. The number of anilines is 1. The summed E-state index contributed by atoms with van der Waals surface area (Å²) in [6, 6.07) is 22.2. The van der Waals surface area contributed by atoms with Crippen molar-refractivity contribution >= 4 is 43.6 Å². The van der Waals surface area contributed by atoms with Crippen molar-refractivity contribution in [3.63, 3.8) is 0 Å². The highest BCUT2D eigenvalue weighted by Gasteiger charge is 2.44. The number of aromatic nitrogens is 1. The maximum Gasteiger partial charge on any atom is 0.297 e. The second-order valence-electron chi connectivity index (χ2n) is 8.54. The van der Waals surface area contributed by atoms with Gasteiger partial charge >= 0.3 is 0 Å². The van der Waals surface area contributed by atoms with Gasteiger partial charge in [0.25, 0.3) is 5.91 Å². The summed E-state index contributed by atoms with van der Waals surface area (Å²) in [5.74, 6) is 0.142. The zero-order chi connectivity index (χ0) is 22.7. The van der Waals surface area contributed by atoms with Gasteiger partial charge in [-0.05, 0) is 41.3 Å². The summed E-state index contributed by atoms with van der Waals surface area (Å²) in [4.78, 5) is 33.6. The highest BCUT2D eigenvalue weighted by molar-refractivity contribution is 7.22. The molecular weight excluding hydrogens is 432 g/mol. The van der Waals surface area contributed by atoms with Crippen molar-refractivity contribution in [2.75, 3.05) is 4.90 Å². The largest absolute Gasteiger partial charge is 0.450 e. The van der Waals surface area contributed by atoms with Crippen LogP contribution in [0.4, 0.5) is 5.13 Å². The highest BCUT2D eigenvalue weighted by atomic mass is 32.1. The van der Waals surface area contributed by atoms with E-state index in [-0.39, 0.29) is 17.1 Å². The number of para-hydroxylation sites is 1. The number of hydrogen-bond acceptors (Lipinski definition) is 5. The molecule has 0 unspecified atom stereocenters. The Labute approximate surface area is 193 Å². The van der Waals surface area contributed by atoms with E-state index in [0.717, 1.165) is 15.8 Å². The number of rotatable bonds is 3. The molecule has 0 aliphatic carbocycles. The quantitative estimate of drug-likeness (QED) is 0.323. The molecule has 33 heavy (non-hydrogen) atoms. The van der Waals surface area contributed by atoms with Crippen molar-refractivity contribution < 1.29 is 9.21 Å². The van der Waals surface area contributed by atoms with E-state index in [1.807, 2.05) is 36.4 Å². The lowest BCUT2D eigenvalue weighted by atomic mass is 9.99. The summed E-state index contributed by atoms with van der Waals surface area (Å²) >= 11 is 1.46. The number of benzene rings is 3. The van der Waals surface area contributed by atoms with E-state index in [2.05, 4.69) is 26.0 Å². The van der Waals surface area contributed by atoms with E-state index in [1.165, 1.54) is 16.9 Å². The van der Waals surface area contributed by atoms with Gasteiger partial charge in [-0.15, -0.1) is 0 Å². The average Bonchev–Trinajstić information content (AvgIpc) is 3.38. The number of nitrogens with zero attached hydrogens (tertiary/aromatic N) is 2. The predicted molar refractivity (Wildman–Crippen MR) is 131 cm³/mol. The molecule has 1 aliphatic rings. The molecule has 0 fully saturated rings. The van der Waals surface area contributed by atoms with Gasteiger partial charge in [-0.25, -0.2) is 4.98 Å². The van der Waals surface area contributed by atoms with Crippen molar-refractivity contribution in [2.24, 2.45) is 0 Å². The monoisotopic (exact) mass is 452 g/mol. The average molecular weight is 453 g/mol. The first-order valence-electron chi connectivity index (χ1n) is 10.9. The van der Waals surface area contributed by atoms with E-state index in [4.69, 9.17) is 9.40 Å². The molecule has 0 radical (unpaired) electrons. The number of amides is 1. The van der Waals surface area contributed by atoms with Gasteiger partial charge in [0.1, 0.15) is 5.58 Å². The molecule has 6 rings (SSSR count). The molecule has 5 nitrogen and oxygen atoms in total. The van der Waals surface area contributed by atoms with Gasteiger partial charge in [0.05, 0.1) is 27.2 Å². The molecule has 0 saturated heterocycles. The van der Waals surface area contributed by atoms with E-state index >= 15 is 0 Å². The van der Waals surface area contributed by atoms with Gasteiger partial charge < -0.3 is 4.42 Å². The maximum absolute atomic E-state index is 13.7. The molecule has 2 aromatic heterocycles. The summed E-state index contributed by atoms with van der Waals surface area (Å²) in [6.07, 6.45) is 0. The zero-order valence-corrected chi connectivity index (χ0v) is 18.9. The second kappa shape index (κ2) is 7.39. The van der Waals surface area contributed by atoms with Crippen LogP contribution in [0.3, 0.4) is 0 Å². The molecule has 5 aromatic rings. The van der Waals surface area contributed by atoms with Crippen molar-refractivity contribution in [1.82, 2.24) is 4.98 Å². The Morgan fingerprint density at radius 1 is 0.970 bits per heavy atom. The van der Waals surface area contributed by atoms with Gasteiger partial charge in [0, 0.05) is 0 Å². The van der Waals surface area contributed by atoms with Crippen LogP contribution in [0.2, 0.25) is 0 Å². The van der Waals surface area contributed by atoms with Crippen LogP contribution in [-0.4, -0.2) is 10.9 Å². The van der Waals surface area contributed by atoms with E-state index in [9.17, 15) is 9.59 Å². The molecule has 6 heteroatoms. The van der Waals surface area contributed by atoms with Crippen LogP contribution >= 0.6 is 11.3 Å². The van der Waals surface area contributed by atoms with Crippen LogP contribution in [0, 0.1) is 0 Å². The number of carbonyl (C=O) groups is 1. The van der Waals surface area contributed by atoms with Crippen molar-refractivity contribution in [2.45, 2.75) is 25.8 Å². The van der Waals surface area contributed by atoms with E-state index in [1.54, 1.807) is 29.2 Å². The molecule has 162 valence electrons. The third-order valence-electron chi connectivity index (χ3n) is 6.17. The first-order chi connectivity index (χ1) is 16.0. The maximum atomic E-state index is 13.7. The third-order valence-corrected chi connectivity index (χ3v) is 7.18. The SMILES string of the molecule is CC(C)c1ccc2nc(N3C(=O)c4oc5ccccc5c(=O)c4[C@@H]3c3ccccc3)sc2c1. The van der Waals surface area contributed by atoms with Crippen LogP contribution < -0.4 is 10.3 Å². The molecule has 3 heterocycles. The van der Waals surface area contributed by atoms with Crippen LogP contribution in [0.15, 0.2) is 82.0 Å². The molecule has 1 atom stereocenters. The summed E-state index contributed by atoms with van der Waals surface area (Å²) < 4.78 is 7.02. The van der Waals surface area contributed by atoms with Crippen LogP contribution in [-0.2, 0) is 0 Å². The van der Waals surface area contributed by atoms with Crippen molar-refractivity contribution in [1.29, 1.82) is 0 Å². The molecule has 0 bridgehead atoms. The highest BCUT2D eigenvalue weighted by Crippen LogP contribution is 2.43. The molecule has 0 N–H and O–H groups in total. The number of fused-ring (bicyclic) bond motifs is 3. The smallest absolute Gasteiger partial charge is 0.297 e. The fraction of sp³-hybridized carbons (Fsp3) is 0.148. The summed E-state index contributed by atoms with van der Waals surface area (Å²) in [7, 11) is 0. The Morgan fingerprint density at radius 3 is 2.52 bits per heavy atom. The van der Waals surface area contributed by atoms with Crippen LogP contribution in [0.1, 0.15) is 53.1 Å². The first-order valence-corrected chi connectivity index (χ1v) is 11.7. The van der Waals surface area contributed by atoms with Gasteiger partial charge in [-0.2, -0.15) is 0 Å². The molecule has 1 aliphatic heterocycles. The summed E-state index contributed by atoms with van der Waals surface area (Å²) in [5, 5.41) is 1.03. The summed E-state index contributed by atoms with van der Waals surface area (Å²) in [5.41, 5.74) is 3.49. The Hall–Kier alpha value is -3.77. The fourth-order valence-electron chi connectivity index (χ4n) is 4.46. The van der Waals surface area contributed by atoms with Gasteiger partial charge in [-0.1, -0.05) is 73.7 Å².